The number of ether oxygens (including phenoxy) is 3. The average molecular weight is 307 g/mol. The third-order valence-corrected chi connectivity index (χ3v) is 3.13. The van der Waals surface area contributed by atoms with E-state index in [0.29, 0.717) is 30.6 Å². The maximum absolute atomic E-state index is 6.11. The standard InChI is InChI=1S/C17H19ClO3/c1-3-19-16-6-4-5-7-17(16)21-11-10-20-15-9-8-13(2)12-14(15)18/h4-9,12H,3,10-11H2,1-2H3. The fourth-order valence-corrected chi connectivity index (χ4v) is 2.16. The lowest BCUT2D eigenvalue weighted by Gasteiger charge is -2.12. The summed E-state index contributed by atoms with van der Waals surface area (Å²) in [5.74, 6) is 2.13. The minimum absolute atomic E-state index is 0.420. The molecule has 0 atom stereocenters. The summed E-state index contributed by atoms with van der Waals surface area (Å²) in [6.45, 7) is 5.39. The van der Waals surface area contributed by atoms with E-state index in [4.69, 9.17) is 25.8 Å². The maximum Gasteiger partial charge on any atom is 0.161 e. The van der Waals surface area contributed by atoms with Crippen LogP contribution in [-0.2, 0) is 0 Å². The lowest BCUT2D eigenvalue weighted by molar-refractivity contribution is 0.208. The molecule has 0 aliphatic heterocycles. The predicted molar refractivity (Wildman–Crippen MR) is 84.8 cm³/mol. The van der Waals surface area contributed by atoms with Gasteiger partial charge in [0, 0.05) is 0 Å². The molecule has 0 aliphatic rings. The van der Waals surface area contributed by atoms with Gasteiger partial charge in [-0.3, -0.25) is 0 Å². The quantitative estimate of drug-likeness (QED) is 0.705. The van der Waals surface area contributed by atoms with E-state index in [1.54, 1.807) is 0 Å². The second-order valence-electron chi connectivity index (χ2n) is 4.51. The van der Waals surface area contributed by atoms with E-state index in [1.165, 1.54) is 0 Å². The van der Waals surface area contributed by atoms with E-state index < -0.39 is 0 Å². The molecular formula is C17H19ClO3. The number of rotatable bonds is 7. The first kappa shape index (κ1) is 15.5. The zero-order valence-corrected chi connectivity index (χ0v) is 13.0. The van der Waals surface area contributed by atoms with Crippen LogP contribution in [0.15, 0.2) is 42.5 Å². The highest BCUT2D eigenvalue weighted by molar-refractivity contribution is 6.32. The Morgan fingerprint density at radius 3 is 2.10 bits per heavy atom. The van der Waals surface area contributed by atoms with Crippen LogP contribution in [0, 0.1) is 6.92 Å². The molecule has 0 saturated carbocycles. The maximum atomic E-state index is 6.11. The van der Waals surface area contributed by atoms with Gasteiger partial charge in [0.15, 0.2) is 11.5 Å². The Bertz CT molecular complexity index is 584. The van der Waals surface area contributed by atoms with Gasteiger partial charge in [0.05, 0.1) is 11.6 Å². The van der Waals surface area contributed by atoms with Crippen molar-refractivity contribution in [3.05, 3.63) is 53.1 Å². The molecule has 0 aliphatic carbocycles. The first-order chi connectivity index (χ1) is 10.2. The molecule has 0 heterocycles. The molecule has 0 radical (unpaired) electrons. The van der Waals surface area contributed by atoms with Crippen molar-refractivity contribution >= 4 is 11.6 Å². The van der Waals surface area contributed by atoms with Gasteiger partial charge in [0.1, 0.15) is 19.0 Å². The fourth-order valence-electron chi connectivity index (χ4n) is 1.87. The van der Waals surface area contributed by atoms with Crippen LogP contribution in [-0.4, -0.2) is 19.8 Å². The number of aryl methyl sites for hydroxylation is 1. The van der Waals surface area contributed by atoms with E-state index in [9.17, 15) is 0 Å². The van der Waals surface area contributed by atoms with Crippen molar-refractivity contribution in [1.29, 1.82) is 0 Å². The summed E-state index contributed by atoms with van der Waals surface area (Å²) in [7, 11) is 0. The smallest absolute Gasteiger partial charge is 0.161 e. The minimum atomic E-state index is 0.420. The van der Waals surface area contributed by atoms with Gasteiger partial charge in [-0.05, 0) is 43.7 Å². The zero-order valence-electron chi connectivity index (χ0n) is 12.3. The monoisotopic (exact) mass is 306 g/mol. The van der Waals surface area contributed by atoms with Crippen molar-refractivity contribution in [2.24, 2.45) is 0 Å². The molecule has 112 valence electrons. The molecule has 21 heavy (non-hydrogen) atoms. The summed E-state index contributed by atoms with van der Waals surface area (Å²) in [4.78, 5) is 0. The number of hydrogen-bond acceptors (Lipinski definition) is 3. The van der Waals surface area contributed by atoms with Crippen LogP contribution in [0.1, 0.15) is 12.5 Å². The highest BCUT2D eigenvalue weighted by Gasteiger charge is 2.04. The third kappa shape index (κ3) is 4.57. The largest absolute Gasteiger partial charge is 0.490 e. The molecule has 3 nitrogen and oxygen atoms in total. The van der Waals surface area contributed by atoms with Gasteiger partial charge in [0.25, 0.3) is 0 Å². The van der Waals surface area contributed by atoms with Crippen molar-refractivity contribution in [1.82, 2.24) is 0 Å². The van der Waals surface area contributed by atoms with Crippen molar-refractivity contribution in [3.63, 3.8) is 0 Å². The van der Waals surface area contributed by atoms with Gasteiger partial charge in [-0.25, -0.2) is 0 Å². The van der Waals surface area contributed by atoms with E-state index in [1.807, 2.05) is 56.3 Å². The Morgan fingerprint density at radius 2 is 1.48 bits per heavy atom. The van der Waals surface area contributed by atoms with Gasteiger partial charge in [-0.15, -0.1) is 0 Å². The van der Waals surface area contributed by atoms with E-state index in [-0.39, 0.29) is 0 Å². The Hall–Kier alpha value is -1.87. The van der Waals surface area contributed by atoms with Crippen LogP contribution in [0.5, 0.6) is 17.2 Å². The molecule has 0 N–H and O–H groups in total. The van der Waals surface area contributed by atoms with E-state index in [0.717, 1.165) is 17.1 Å². The Labute approximate surface area is 130 Å². The molecule has 0 bridgehead atoms. The second-order valence-corrected chi connectivity index (χ2v) is 4.92. The third-order valence-electron chi connectivity index (χ3n) is 2.83. The van der Waals surface area contributed by atoms with Crippen molar-refractivity contribution in [2.75, 3.05) is 19.8 Å². The molecule has 2 aromatic carbocycles. The van der Waals surface area contributed by atoms with Gasteiger partial charge in [-0.2, -0.15) is 0 Å². The normalized spacial score (nSPS) is 10.2. The van der Waals surface area contributed by atoms with Crippen molar-refractivity contribution < 1.29 is 14.2 Å². The summed E-state index contributed by atoms with van der Waals surface area (Å²) in [6.07, 6.45) is 0. The number of halogens is 1. The Kier molecular flexibility index (Phi) is 5.76. The number of para-hydroxylation sites is 2. The summed E-state index contributed by atoms with van der Waals surface area (Å²) in [5.41, 5.74) is 1.11. The molecule has 0 aromatic heterocycles. The van der Waals surface area contributed by atoms with Gasteiger partial charge in [0.2, 0.25) is 0 Å². The summed E-state index contributed by atoms with van der Waals surface area (Å²) in [6, 6.07) is 13.3. The van der Waals surface area contributed by atoms with Crippen molar-refractivity contribution in [2.45, 2.75) is 13.8 Å². The molecule has 0 saturated heterocycles. The van der Waals surface area contributed by atoms with Crippen LogP contribution in [0.25, 0.3) is 0 Å². The van der Waals surface area contributed by atoms with Gasteiger partial charge >= 0.3 is 0 Å². The number of benzene rings is 2. The summed E-state index contributed by atoms with van der Waals surface area (Å²) in [5, 5.41) is 0.615. The topological polar surface area (TPSA) is 27.7 Å². The summed E-state index contributed by atoms with van der Waals surface area (Å²) < 4.78 is 16.8. The number of hydrogen-bond donors (Lipinski definition) is 0. The SMILES string of the molecule is CCOc1ccccc1OCCOc1ccc(C)cc1Cl. The van der Waals surface area contributed by atoms with Crippen LogP contribution in [0.3, 0.4) is 0 Å². The Morgan fingerprint density at radius 1 is 0.857 bits per heavy atom. The Balaban J connectivity index is 1.84. The van der Waals surface area contributed by atoms with E-state index in [2.05, 4.69) is 0 Å². The van der Waals surface area contributed by atoms with Crippen LogP contribution in [0.4, 0.5) is 0 Å². The lowest BCUT2D eigenvalue weighted by atomic mass is 10.2. The summed E-state index contributed by atoms with van der Waals surface area (Å²) >= 11 is 6.11. The molecule has 0 fully saturated rings. The lowest BCUT2D eigenvalue weighted by Crippen LogP contribution is -2.10. The van der Waals surface area contributed by atoms with Crippen molar-refractivity contribution in [3.8, 4) is 17.2 Å². The second kappa shape index (κ2) is 7.79. The fraction of sp³-hybridized carbons (Fsp3) is 0.294. The van der Waals surface area contributed by atoms with E-state index >= 15 is 0 Å². The van der Waals surface area contributed by atoms with Gasteiger partial charge in [-0.1, -0.05) is 29.8 Å². The first-order valence-corrected chi connectivity index (χ1v) is 7.32. The van der Waals surface area contributed by atoms with Crippen LogP contribution in [0.2, 0.25) is 5.02 Å². The highest BCUT2D eigenvalue weighted by atomic mass is 35.5. The minimum Gasteiger partial charge on any atom is -0.490 e. The highest BCUT2D eigenvalue weighted by Crippen LogP contribution is 2.27. The molecular weight excluding hydrogens is 288 g/mol. The zero-order chi connectivity index (χ0) is 15.1. The molecule has 2 rings (SSSR count). The van der Waals surface area contributed by atoms with Crippen LogP contribution >= 0.6 is 11.6 Å². The average Bonchev–Trinajstić information content (AvgIpc) is 2.47. The predicted octanol–water partition coefficient (Wildman–Crippen LogP) is 4.50. The van der Waals surface area contributed by atoms with Crippen LogP contribution < -0.4 is 14.2 Å². The van der Waals surface area contributed by atoms with Gasteiger partial charge < -0.3 is 14.2 Å². The molecule has 2 aromatic rings. The molecule has 0 spiro atoms. The molecule has 0 amide bonds. The molecule has 0 unspecified atom stereocenters. The first-order valence-electron chi connectivity index (χ1n) is 6.94. The molecule has 4 heteroatoms.